The Bertz CT molecular complexity index is 748. The van der Waals surface area contributed by atoms with Crippen molar-refractivity contribution in [2.45, 2.75) is 88.8 Å². The van der Waals surface area contributed by atoms with E-state index in [-0.39, 0.29) is 30.1 Å². The average Bonchev–Trinajstić information content (AvgIpc) is 2.97. The zero-order valence-electron chi connectivity index (χ0n) is 17.0. The first kappa shape index (κ1) is 19.4. The number of aliphatic hydroxyl groups is 4. The second-order valence-corrected chi connectivity index (χ2v) is 10.3. The smallest absolute Gasteiger partial charge is 0.171 e. The van der Waals surface area contributed by atoms with Gasteiger partial charge in [0, 0.05) is 17.8 Å². The molecule has 7 atom stereocenters. The van der Waals surface area contributed by atoms with Gasteiger partial charge in [-0.1, -0.05) is 13.8 Å². The SMILES string of the molecule is CCC(C)C1=C2C(=O)[C@H]3C[C@@H](C(C)(C)O)[C@@]4(O)C[C@@H](C(C)(C)O1)[C@]2(O)[C@@]34O. The van der Waals surface area contributed by atoms with E-state index >= 15 is 0 Å². The molecule has 0 spiro atoms. The molecule has 1 unspecified atom stereocenters. The fourth-order valence-corrected chi connectivity index (χ4v) is 6.68. The standard InChI is InChI=1S/C21H32O6/c1-7-10(2)16-14-15(22)11-8-12(17(3,4)23)19(24)9-13(18(5,6)27-16)20(14,25)21(11,19)26/h10-13,23-26H,7-9H2,1-6H3/t10?,11-,12+,13+,19+,20-,21-/m1/s1. The van der Waals surface area contributed by atoms with Crippen LogP contribution in [-0.4, -0.2) is 54.2 Å². The van der Waals surface area contributed by atoms with Crippen molar-refractivity contribution in [2.75, 3.05) is 0 Å². The zero-order chi connectivity index (χ0) is 20.4. The third-order valence-corrected chi connectivity index (χ3v) is 8.13. The summed E-state index contributed by atoms with van der Waals surface area (Å²) in [5, 5.41) is 46.2. The van der Waals surface area contributed by atoms with Gasteiger partial charge in [-0.2, -0.15) is 0 Å². The van der Waals surface area contributed by atoms with Crippen molar-refractivity contribution in [3.8, 4) is 0 Å². The Kier molecular flexibility index (Phi) is 3.56. The van der Waals surface area contributed by atoms with E-state index in [1.807, 2.05) is 27.7 Å². The number of Topliss-reactive ketones (excluding diaryl/α,β-unsaturated/α-hetero) is 1. The van der Waals surface area contributed by atoms with Crippen LogP contribution in [0, 0.1) is 23.7 Å². The highest BCUT2D eigenvalue weighted by molar-refractivity contribution is 6.06. The van der Waals surface area contributed by atoms with Gasteiger partial charge in [0.2, 0.25) is 0 Å². The summed E-state index contributed by atoms with van der Waals surface area (Å²) in [6, 6.07) is 0. The van der Waals surface area contributed by atoms with Crippen LogP contribution in [0.1, 0.15) is 60.8 Å². The Morgan fingerprint density at radius 2 is 1.85 bits per heavy atom. The van der Waals surface area contributed by atoms with Crippen molar-refractivity contribution in [1.29, 1.82) is 0 Å². The van der Waals surface area contributed by atoms with E-state index in [0.29, 0.717) is 5.76 Å². The van der Waals surface area contributed by atoms with Crippen LogP contribution in [0.2, 0.25) is 0 Å². The van der Waals surface area contributed by atoms with Gasteiger partial charge < -0.3 is 25.2 Å². The minimum Gasteiger partial charge on any atom is -0.491 e. The lowest BCUT2D eigenvalue weighted by molar-refractivity contribution is -0.221. The highest BCUT2D eigenvalue weighted by Crippen LogP contribution is 2.73. The molecule has 4 N–H and O–H groups in total. The largest absolute Gasteiger partial charge is 0.491 e. The van der Waals surface area contributed by atoms with Crippen molar-refractivity contribution in [3.63, 3.8) is 0 Å². The predicted octanol–water partition coefficient (Wildman–Crippen LogP) is 1.30. The first-order valence-corrected chi connectivity index (χ1v) is 10.0. The lowest BCUT2D eigenvalue weighted by Gasteiger charge is -2.49. The summed E-state index contributed by atoms with van der Waals surface area (Å²) in [7, 11) is 0. The Balaban J connectivity index is 2.02. The fourth-order valence-electron chi connectivity index (χ4n) is 6.68. The van der Waals surface area contributed by atoms with Gasteiger partial charge in [-0.15, -0.1) is 0 Å². The number of rotatable bonds is 3. The summed E-state index contributed by atoms with van der Waals surface area (Å²) in [6.07, 6.45) is 0.938. The van der Waals surface area contributed by atoms with E-state index in [0.717, 1.165) is 6.42 Å². The summed E-state index contributed by atoms with van der Waals surface area (Å²) in [5.41, 5.74) is -7.66. The highest BCUT2D eigenvalue weighted by atomic mass is 16.5. The maximum atomic E-state index is 13.4. The fraction of sp³-hybridized carbons (Fsp3) is 0.857. The molecule has 0 radical (unpaired) electrons. The number of carbonyl (C=O) groups excluding carboxylic acids is 1. The van der Waals surface area contributed by atoms with E-state index in [2.05, 4.69) is 0 Å². The molecule has 0 aromatic carbocycles. The first-order chi connectivity index (χ1) is 12.2. The van der Waals surface area contributed by atoms with Gasteiger partial charge in [-0.05, 0) is 47.0 Å². The quantitative estimate of drug-likeness (QED) is 0.588. The molecule has 3 aliphatic carbocycles. The van der Waals surface area contributed by atoms with Crippen LogP contribution >= 0.6 is 0 Å². The lowest BCUT2D eigenvalue weighted by atomic mass is 9.69. The van der Waals surface area contributed by atoms with Crippen LogP contribution in [0.3, 0.4) is 0 Å². The van der Waals surface area contributed by atoms with Gasteiger partial charge >= 0.3 is 0 Å². The number of ketones is 1. The van der Waals surface area contributed by atoms with E-state index in [1.165, 1.54) is 0 Å². The Labute approximate surface area is 160 Å². The van der Waals surface area contributed by atoms with Crippen LogP contribution in [0.25, 0.3) is 0 Å². The number of hydrogen-bond acceptors (Lipinski definition) is 6. The molecule has 0 aromatic heterocycles. The molecule has 1 heterocycles. The van der Waals surface area contributed by atoms with Gasteiger partial charge in [-0.25, -0.2) is 0 Å². The highest BCUT2D eigenvalue weighted by Gasteiger charge is 2.89. The number of ether oxygens (including phenoxy) is 1. The van der Waals surface area contributed by atoms with Crippen molar-refractivity contribution >= 4 is 5.78 Å². The van der Waals surface area contributed by atoms with Crippen LogP contribution in [0.4, 0.5) is 0 Å². The molecule has 3 saturated carbocycles. The molecule has 3 fully saturated rings. The minimum atomic E-state index is -2.01. The summed E-state index contributed by atoms with van der Waals surface area (Å²) >= 11 is 0. The van der Waals surface area contributed by atoms with Crippen molar-refractivity contribution in [3.05, 3.63) is 11.3 Å². The topological polar surface area (TPSA) is 107 Å². The minimum absolute atomic E-state index is 0.0721. The zero-order valence-corrected chi connectivity index (χ0v) is 17.0. The Morgan fingerprint density at radius 3 is 2.37 bits per heavy atom. The van der Waals surface area contributed by atoms with E-state index < -0.39 is 45.8 Å². The second-order valence-electron chi connectivity index (χ2n) is 10.3. The average molecular weight is 380 g/mol. The summed E-state index contributed by atoms with van der Waals surface area (Å²) in [4.78, 5) is 13.4. The van der Waals surface area contributed by atoms with E-state index in [9.17, 15) is 25.2 Å². The molecule has 0 saturated heterocycles. The van der Waals surface area contributed by atoms with Crippen LogP contribution in [0.5, 0.6) is 0 Å². The molecule has 27 heavy (non-hydrogen) atoms. The molecule has 6 nitrogen and oxygen atoms in total. The monoisotopic (exact) mass is 380 g/mol. The number of hydrogen-bond donors (Lipinski definition) is 4. The predicted molar refractivity (Wildman–Crippen MR) is 97.5 cm³/mol. The lowest BCUT2D eigenvalue weighted by Crippen LogP contribution is -2.65. The Hall–Kier alpha value is -0.950. The van der Waals surface area contributed by atoms with Gasteiger partial charge in [0.25, 0.3) is 0 Å². The van der Waals surface area contributed by atoms with Crippen LogP contribution in [-0.2, 0) is 9.53 Å². The van der Waals surface area contributed by atoms with Gasteiger partial charge in [0.1, 0.15) is 28.2 Å². The number of carbonyl (C=O) groups is 1. The first-order valence-electron chi connectivity index (χ1n) is 10.0. The molecular weight excluding hydrogens is 348 g/mol. The van der Waals surface area contributed by atoms with Crippen LogP contribution < -0.4 is 0 Å². The summed E-state index contributed by atoms with van der Waals surface area (Å²) < 4.78 is 6.26. The molecule has 4 aliphatic rings. The Morgan fingerprint density at radius 1 is 1.26 bits per heavy atom. The second kappa shape index (κ2) is 4.96. The van der Waals surface area contributed by atoms with Gasteiger partial charge in [-0.3, -0.25) is 4.79 Å². The molecule has 4 rings (SSSR count). The molecule has 152 valence electrons. The van der Waals surface area contributed by atoms with Crippen LogP contribution in [0.15, 0.2) is 11.3 Å². The van der Waals surface area contributed by atoms with Gasteiger partial charge in [0.05, 0.1) is 17.1 Å². The summed E-state index contributed by atoms with van der Waals surface area (Å²) in [6.45, 7) is 10.8. The molecule has 0 aromatic rings. The van der Waals surface area contributed by atoms with Crippen molar-refractivity contribution < 1.29 is 30.0 Å². The van der Waals surface area contributed by atoms with E-state index in [4.69, 9.17) is 4.74 Å². The third-order valence-electron chi connectivity index (χ3n) is 8.13. The van der Waals surface area contributed by atoms with Crippen molar-refractivity contribution in [2.24, 2.45) is 23.7 Å². The van der Waals surface area contributed by atoms with Crippen molar-refractivity contribution in [1.82, 2.24) is 0 Å². The normalized spacial score (nSPS) is 48.7. The van der Waals surface area contributed by atoms with Gasteiger partial charge in [0.15, 0.2) is 5.78 Å². The molecule has 1 aliphatic heterocycles. The molecular formula is C21H32O6. The van der Waals surface area contributed by atoms with E-state index in [1.54, 1.807) is 13.8 Å². The third kappa shape index (κ3) is 1.84. The molecule has 0 amide bonds. The maximum absolute atomic E-state index is 13.4. The maximum Gasteiger partial charge on any atom is 0.171 e. The molecule has 0 bridgehead atoms. The number of allylic oxidation sites excluding steroid dienone is 1. The summed E-state index contributed by atoms with van der Waals surface area (Å²) in [5.74, 6) is -2.31. The molecule has 6 heteroatoms.